The van der Waals surface area contributed by atoms with E-state index in [9.17, 15) is 14.4 Å². The molecule has 0 bridgehead atoms. The quantitative estimate of drug-likeness (QED) is 0.377. The van der Waals surface area contributed by atoms with Crippen molar-refractivity contribution in [1.29, 1.82) is 0 Å². The minimum Gasteiger partial charge on any atom is -0.349 e. The molecule has 10 heteroatoms. The fourth-order valence-corrected chi connectivity index (χ4v) is 3.49. The van der Waals surface area contributed by atoms with Gasteiger partial charge in [0.05, 0.1) is 16.9 Å². The van der Waals surface area contributed by atoms with Gasteiger partial charge < -0.3 is 15.6 Å². The summed E-state index contributed by atoms with van der Waals surface area (Å²) in [6, 6.07) is 11.9. The summed E-state index contributed by atoms with van der Waals surface area (Å²) in [5.41, 5.74) is 2.39. The summed E-state index contributed by atoms with van der Waals surface area (Å²) in [5, 5.41) is 10.6. The molecule has 156 valence electrons. The van der Waals surface area contributed by atoms with Gasteiger partial charge >= 0.3 is 5.76 Å². The zero-order chi connectivity index (χ0) is 21.5. The Bertz CT molecular complexity index is 1380. The van der Waals surface area contributed by atoms with Crippen LogP contribution in [-0.4, -0.2) is 26.9 Å². The fourth-order valence-electron chi connectivity index (χ4n) is 3.32. The van der Waals surface area contributed by atoms with Crippen LogP contribution in [0.5, 0.6) is 0 Å². The summed E-state index contributed by atoms with van der Waals surface area (Å²) >= 11 is 6.06. The van der Waals surface area contributed by atoms with Gasteiger partial charge in [0.2, 0.25) is 5.91 Å². The number of aromatic amines is 2. The minimum absolute atomic E-state index is 0.0134. The molecule has 31 heavy (non-hydrogen) atoms. The molecule has 4 aromatic rings. The first-order valence-corrected chi connectivity index (χ1v) is 9.95. The molecule has 1 saturated carbocycles. The molecule has 0 radical (unpaired) electrons. The smallest absolute Gasteiger partial charge is 0.349 e. The van der Waals surface area contributed by atoms with E-state index < -0.39 is 11.7 Å². The Morgan fingerprint density at radius 1 is 1.06 bits per heavy atom. The lowest BCUT2D eigenvalue weighted by molar-refractivity contribution is -0.117. The maximum atomic E-state index is 12.9. The number of benzene rings is 2. The molecule has 5 rings (SSSR count). The number of carbonyl (C=O) groups is 2. The van der Waals surface area contributed by atoms with Crippen LogP contribution in [0.1, 0.15) is 23.3 Å². The van der Waals surface area contributed by atoms with Crippen molar-refractivity contribution in [2.75, 3.05) is 10.6 Å². The average Bonchev–Trinajstić information content (AvgIpc) is 3.36. The van der Waals surface area contributed by atoms with E-state index in [0.29, 0.717) is 33.2 Å². The van der Waals surface area contributed by atoms with Crippen molar-refractivity contribution >= 4 is 45.7 Å². The Hall–Kier alpha value is -3.85. The van der Waals surface area contributed by atoms with Crippen molar-refractivity contribution in [3.05, 3.63) is 63.7 Å². The number of carbonyl (C=O) groups excluding carboxylic acids is 2. The molecule has 2 aromatic carbocycles. The SMILES string of the molecule is O=C(Nc1ccc(Cl)cc1-c1noc(=O)[nH]1)c1cc2cccc(NC(=O)C3CC3)c2[nH]1. The largest absolute Gasteiger partial charge is 0.439 e. The van der Waals surface area contributed by atoms with Crippen molar-refractivity contribution in [3.63, 3.8) is 0 Å². The predicted molar refractivity (Wildman–Crippen MR) is 115 cm³/mol. The molecular weight excluding hydrogens is 422 g/mol. The lowest BCUT2D eigenvalue weighted by Crippen LogP contribution is -2.14. The number of aromatic nitrogens is 3. The Morgan fingerprint density at radius 2 is 1.90 bits per heavy atom. The number of hydrogen-bond donors (Lipinski definition) is 4. The van der Waals surface area contributed by atoms with Gasteiger partial charge in [-0.2, -0.15) is 0 Å². The second-order valence-corrected chi connectivity index (χ2v) is 7.74. The second kappa shape index (κ2) is 7.44. The van der Waals surface area contributed by atoms with Crippen LogP contribution in [-0.2, 0) is 4.79 Å². The fraction of sp³-hybridized carbons (Fsp3) is 0.143. The topological polar surface area (TPSA) is 133 Å². The number of amides is 2. The number of halogens is 1. The van der Waals surface area contributed by atoms with Crippen LogP contribution in [0.4, 0.5) is 11.4 Å². The zero-order valence-corrected chi connectivity index (χ0v) is 16.7. The number of fused-ring (bicyclic) bond motifs is 1. The summed E-state index contributed by atoms with van der Waals surface area (Å²) in [4.78, 5) is 41.9. The van der Waals surface area contributed by atoms with E-state index in [-0.39, 0.29) is 17.6 Å². The van der Waals surface area contributed by atoms with Crippen LogP contribution in [0, 0.1) is 5.92 Å². The highest BCUT2D eigenvalue weighted by Gasteiger charge is 2.30. The summed E-state index contributed by atoms with van der Waals surface area (Å²) in [5.74, 6) is -0.932. The first-order valence-electron chi connectivity index (χ1n) is 9.58. The summed E-state index contributed by atoms with van der Waals surface area (Å²) in [6.45, 7) is 0. The van der Waals surface area contributed by atoms with E-state index in [0.717, 1.165) is 18.2 Å². The molecule has 1 aliphatic carbocycles. The summed E-state index contributed by atoms with van der Waals surface area (Å²) in [7, 11) is 0. The van der Waals surface area contributed by atoms with E-state index in [2.05, 4.69) is 30.3 Å². The molecule has 2 heterocycles. The maximum absolute atomic E-state index is 12.9. The first kappa shape index (κ1) is 19.1. The average molecular weight is 438 g/mol. The molecule has 4 N–H and O–H groups in total. The Labute approximate surface area is 179 Å². The number of nitrogens with one attached hydrogen (secondary N) is 4. The van der Waals surface area contributed by atoms with Gasteiger partial charge in [-0.05, 0) is 43.2 Å². The second-order valence-electron chi connectivity index (χ2n) is 7.30. The number of H-pyrrole nitrogens is 2. The highest BCUT2D eigenvalue weighted by atomic mass is 35.5. The van der Waals surface area contributed by atoms with E-state index in [1.165, 1.54) is 0 Å². The molecule has 0 aliphatic heterocycles. The Kier molecular flexibility index (Phi) is 4.59. The normalized spacial score (nSPS) is 13.3. The molecule has 1 fully saturated rings. The zero-order valence-electron chi connectivity index (χ0n) is 16.0. The van der Waals surface area contributed by atoms with Gasteiger partial charge in [-0.25, -0.2) is 4.79 Å². The lowest BCUT2D eigenvalue weighted by Gasteiger charge is -2.09. The molecule has 0 atom stereocenters. The highest BCUT2D eigenvalue weighted by molar-refractivity contribution is 6.31. The monoisotopic (exact) mass is 437 g/mol. The van der Waals surface area contributed by atoms with Gasteiger partial charge in [0.15, 0.2) is 5.82 Å². The number of nitrogens with zero attached hydrogens (tertiary/aromatic N) is 1. The van der Waals surface area contributed by atoms with Gasteiger partial charge in [0, 0.05) is 21.9 Å². The summed E-state index contributed by atoms with van der Waals surface area (Å²) in [6.07, 6.45) is 1.81. The number of rotatable bonds is 5. The van der Waals surface area contributed by atoms with E-state index in [1.807, 2.05) is 12.1 Å². The minimum atomic E-state index is -0.719. The molecular formula is C21H16ClN5O4. The number of para-hydroxylation sites is 1. The maximum Gasteiger partial charge on any atom is 0.439 e. The Morgan fingerprint density at radius 3 is 2.65 bits per heavy atom. The van der Waals surface area contributed by atoms with Gasteiger partial charge in [-0.3, -0.25) is 19.1 Å². The third-order valence-electron chi connectivity index (χ3n) is 5.03. The molecule has 2 amide bonds. The molecule has 0 unspecified atom stereocenters. The van der Waals surface area contributed by atoms with Crippen molar-refractivity contribution < 1.29 is 14.1 Å². The Balaban J connectivity index is 1.45. The van der Waals surface area contributed by atoms with Crippen LogP contribution >= 0.6 is 11.6 Å². The van der Waals surface area contributed by atoms with Crippen LogP contribution in [0.15, 0.2) is 51.8 Å². The lowest BCUT2D eigenvalue weighted by atomic mass is 10.1. The van der Waals surface area contributed by atoms with E-state index in [1.54, 1.807) is 30.3 Å². The van der Waals surface area contributed by atoms with Crippen LogP contribution < -0.4 is 16.4 Å². The highest BCUT2D eigenvalue weighted by Crippen LogP contribution is 2.32. The molecule has 9 nitrogen and oxygen atoms in total. The first-order chi connectivity index (χ1) is 15.0. The number of hydrogen-bond acceptors (Lipinski definition) is 5. The van der Waals surface area contributed by atoms with Gasteiger partial charge in [-0.15, -0.1) is 0 Å². The third-order valence-corrected chi connectivity index (χ3v) is 5.27. The summed E-state index contributed by atoms with van der Waals surface area (Å²) < 4.78 is 4.55. The van der Waals surface area contributed by atoms with Crippen molar-refractivity contribution in [2.24, 2.45) is 5.92 Å². The van der Waals surface area contributed by atoms with Crippen LogP contribution in [0.3, 0.4) is 0 Å². The van der Waals surface area contributed by atoms with Crippen molar-refractivity contribution in [2.45, 2.75) is 12.8 Å². The standard InChI is InChI=1S/C21H16ClN5O4/c22-12-6-7-14(13(9-12)18-26-21(30)31-27-18)24-20(29)16-8-11-2-1-3-15(17(11)23-16)25-19(28)10-4-5-10/h1-3,6-10,23H,4-5H2,(H,24,29)(H,25,28)(H,26,27,30). The van der Waals surface area contributed by atoms with E-state index >= 15 is 0 Å². The van der Waals surface area contributed by atoms with Crippen molar-refractivity contribution in [1.82, 2.24) is 15.1 Å². The number of anilines is 2. The third kappa shape index (κ3) is 3.82. The molecule has 2 aromatic heterocycles. The van der Waals surface area contributed by atoms with Gasteiger partial charge in [0.25, 0.3) is 5.91 Å². The molecule has 0 spiro atoms. The van der Waals surface area contributed by atoms with E-state index in [4.69, 9.17) is 11.6 Å². The molecule has 0 saturated heterocycles. The van der Waals surface area contributed by atoms with Crippen LogP contribution in [0.25, 0.3) is 22.3 Å². The van der Waals surface area contributed by atoms with Gasteiger partial charge in [-0.1, -0.05) is 28.9 Å². The van der Waals surface area contributed by atoms with Crippen molar-refractivity contribution in [3.8, 4) is 11.4 Å². The molecule has 1 aliphatic rings. The van der Waals surface area contributed by atoms with Gasteiger partial charge in [0.1, 0.15) is 5.69 Å². The van der Waals surface area contributed by atoms with Crippen LogP contribution in [0.2, 0.25) is 5.02 Å². The predicted octanol–water partition coefficient (Wildman–Crippen LogP) is 3.77.